The highest BCUT2D eigenvalue weighted by Crippen LogP contribution is 2.46. The number of ether oxygens (including phenoxy) is 1. The first-order chi connectivity index (χ1) is 13.6. The summed E-state index contributed by atoms with van der Waals surface area (Å²) in [5.74, 6) is -0.126. The third kappa shape index (κ3) is 3.76. The van der Waals surface area contributed by atoms with Crippen LogP contribution in [-0.2, 0) is 4.84 Å². The number of nitro benzene ring substituents is 2. The van der Waals surface area contributed by atoms with E-state index in [0.717, 1.165) is 12.1 Å². The highest BCUT2D eigenvalue weighted by molar-refractivity contribution is 5.75. The topological polar surface area (TPSA) is 178 Å². The third-order valence-corrected chi connectivity index (χ3v) is 4.14. The maximum atomic E-state index is 12.3. The zero-order valence-electron chi connectivity index (χ0n) is 14.8. The highest BCUT2D eigenvalue weighted by atomic mass is 17.0. The van der Waals surface area contributed by atoms with Crippen LogP contribution >= 0.6 is 0 Å². The Morgan fingerprint density at radius 3 is 2.41 bits per heavy atom. The lowest BCUT2D eigenvalue weighted by Gasteiger charge is -2.37. The van der Waals surface area contributed by atoms with Crippen molar-refractivity contribution in [2.75, 3.05) is 18.1 Å². The molecule has 0 spiro atoms. The molecule has 1 atom stereocenters. The van der Waals surface area contributed by atoms with Gasteiger partial charge in [-0.3, -0.25) is 20.2 Å². The molecule has 29 heavy (non-hydrogen) atoms. The van der Waals surface area contributed by atoms with Crippen molar-refractivity contribution in [1.82, 2.24) is 0 Å². The van der Waals surface area contributed by atoms with Crippen LogP contribution in [0.1, 0.15) is 6.92 Å². The van der Waals surface area contributed by atoms with E-state index in [-0.39, 0.29) is 23.8 Å². The van der Waals surface area contributed by atoms with E-state index >= 15 is 0 Å². The second kappa shape index (κ2) is 7.06. The molecule has 0 amide bonds. The van der Waals surface area contributed by atoms with Gasteiger partial charge in [-0.05, 0) is 13.0 Å². The number of rotatable bonds is 6. The molecule has 0 aliphatic carbocycles. The predicted molar refractivity (Wildman–Crippen MR) is 94.1 cm³/mol. The highest BCUT2D eigenvalue weighted by Gasteiger charge is 2.45. The van der Waals surface area contributed by atoms with Crippen molar-refractivity contribution in [2.24, 2.45) is 0 Å². The molecule has 14 nitrogen and oxygen atoms in total. The van der Waals surface area contributed by atoms with Crippen LogP contribution in [0.15, 0.2) is 36.5 Å². The molecule has 0 bridgehead atoms. The van der Waals surface area contributed by atoms with Gasteiger partial charge in [-0.1, -0.05) is 6.07 Å². The standard InChI is InChI=1S/C15H13N5O9/c1-15(9-28-20(26)27)8-16(14-4-2-3-5-17(14)21)12-6-10(18(22)23)11(19(24)25)7-13(12)29-15/h2-7H,8-9H2,1H3. The van der Waals surface area contributed by atoms with Gasteiger partial charge >= 0.3 is 11.4 Å². The molecular weight excluding hydrogens is 394 g/mol. The number of benzene rings is 1. The summed E-state index contributed by atoms with van der Waals surface area (Å²) in [6.07, 6.45) is 1.19. The lowest BCUT2D eigenvalue weighted by molar-refractivity contribution is -0.760. The molecule has 1 aliphatic heterocycles. The summed E-state index contributed by atoms with van der Waals surface area (Å²) in [4.78, 5) is 37.0. The Labute approximate surface area is 161 Å². The maximum Gasteiger partial charge on any atom is 0.350 e. The van der Waals surface area contributed by atoms with E-state index in [9.17, 15) is 35.6 Å². The van der Waals surface area contributed by atoms with Gasteiger partial charge in [0.1, 0.15) is 13.2 Å². The summed E-state index contributed by atoms with van der Waals surface area (Å²) in [5.41, 5.74) is -2.99. The lowest BCUT2D eigenvalue weighted by Crippen LogP contribution is -2.53. The van der Waals surface area contributed by atoms with E-state index < -0.39 is 38.5 Å². The number of anilines is 2. The minimum absolute atomic E-state index is 0.0247. The summed E-state index contributed by atoms with van der Waals surface area (Å²) in [6.45, 7) is 0.735. The Bertz CT molecular complexity index is 1010. The third-order valence-electron chi connectivity index (χ3n) is 4.14. The van der Waals surface area contributed by atoms with Crippen molar-refractivity contribution < 1.29 is 29.2 Å². The Kier molecular flexibility index (Phi) is 4.76. The Morgan fingerprint density at radius 1 is 1.17 bits per heavy atom. The Morgan fingerprint density at radius 2 is 1.83 bits per heavy atom. The van der Waals surface area contributed by atoms with Gasteiger partial charge in [0.15, 0.2) is 17.0 Å². The zero-order valence-corrected chi connectivity index (χ0v) is 14.8. The summed E-state index contributed by atoms with van der Waals surface area (Å²) in [7, 11) is 0. The fraction of sp³-hybridized carbons (Fsp3) is 0.267. The van der Waals surface area contributed by atoms with Crippen LogP contribution in [0.25, 0.3) is 0 Å². The first-order valence-electron chi connectivity index (χ1n) is 8.00. The van der Waals surface area contributed by atoms with Crippen molar-refractivity contribution >= 4 is 22.9 Å². The van der Waals surface area contributed by atoms with Gasteiger partial charge in [0.2, 0.25) is 0 Å². The molecule has 2 heterocycles. The van der Waals surface area contributed by atoms with Crippen LogP contribution in [0.2, 0.25) is 0 Å². The molecule has 152 valence electrons. The van der Waals surface area contributed by atoms with Crippen LogP contribution in [0, 0.1) is 35.6 Å². The van der Waals surface area contributed by atoms with Crippen LogP contribution < -0.4 is 14.4 Å². The molecule has 1 aliphatic rings. The van der Waals surface area contributed by atoms with Crippen molar-refractivity contribution in [3.05, 3.63) is 72.1 Å². The molecule has 14 heteroatoms. The van der Waals surface area contributed by atoms with Crippen LogP contribution in [-0.4, -0.2) is 33.7 Å². The van der Waals surface area contributed by atoms with Crippen molar-refractivity contribution in [3.63, 3.8) is 0 Å². The van der Waals surface area contributed by atoms with E-state index in [1.807, 2.05) is 0 Å². The number of pyridine rings is 1. The number of nitrogens with zero attached hydrogens (tertiary/aromatic N) is 5. The van der Waals surface area contributed by atoms with Crippen molar-refractivity contribution in [3.8, 4) is 5.75 Å². The van der Waals surface area contributed by atoms with Crippen molar-refractivity contribution in [1.29, 1.82) is 0 Å². The summed E-state index contributed by atoms with van der Waals surface area (Å²) < 4.78 is 6.16. The van der Waals surface area contributed by atoms with Gasteiger partial charge < -0.3 is 14.8 Å². The fourth-order valence-corrected chi connectivity index (χ4v) is 2.95. The van der Waals surface area contributed by atoms with E-state index in [1.54, 1.807) is 6.07 Å². The van der Waals surface area contributed by atoms with E-state index in [0.29, 0.717) is 4.73 Å². The van der Waals surface area contributed by atoms with Gasteiger partial charge in [-0.2, -0.15) is 0 Å². The van der Waals surface area contributed by atoms with E-state index in [4.69, 9.17) is 4.74 Å². The molecular formula is C15H13N5O9. The first kappa shape index (κ1) is 19.5. The van der Waals surface area contributed by atoms with E-state index in [1.165, 1.54) is 30.2 Å². The molecule has 3 rings (SSSR count). The minimum Gasteiger partial charge on any atom is -0.711 e. The summed E-state index contributed by atoms with van der Waals surface area (Å²) >= 11 is 0. The smallest absolute Gasteiger partial charge is 0.350 e. The quantitative estimate of drug-likeness (QED) is 0.296. The van der Waals surface area contributed by atoms with Crippen LogP contribution in [0.3, 0.4) is 0 Å². The van der Waals surface area contributed by atoms with Gasteiger partial charge in [0.05, 0.1) is 28.2 Å². The monoisotopic (exact) mass is 407 g/mol. The molecule has 0 saturated carbocycles. The lowest BCUT2D eigenvalue weighted by atomic mass is 10.0. The second-order valence-corrected chi connectivity index (χ2v) is 6.34. The largest absolute Gasteiger partial charge is 0.711 e. The van der Waals surface area contributed by atoms with Gasteiger partial charge in [-0.25, -0.2) is 9.63 Å². The van der Waals surface area contributed by atoms with Gasteiger partial charge in [-0.15, -0.1) is 10.1 Å². The number of nitro groups is 2. The average Bonchev–Trinajstić information content (AvgIpc) is 2.65. The van der Waals surface area contributed by atoms with Crippen LogP contribution in [0.5, 0.6) is 5.75 Å². The number of aromatic nitrogens is 1. The molecule has 1 aromatic heterocycles. The van der Waals surface area contributed by atoms with E-state index in [2.05, 4.69) is 4.84 Å². The molecule has 0 N–H and O–H groups in total. The number of hydrogen-bond donors (Lipinski definition) is 0. The number of fused-ring (bicyclic) bond motifs is 1. The minimum atomic E-state index is -1.40. The first-order valence-corrected chi connectivity index (χ1v) is 8.00. The normalized spacial score (nSPS) is 17.8. The molecule has 1 unspecified atom stereocenters. The fourth-order valence-electron chi connectivity index (χ4n) is 2.95. The zero-order chi connectivity index (χ0) is 21.3. The average molecular weight is 407 g/mol. The molecule has 0 saturated heterocycles. The van der Waals surface area contributed by atoms with Gasteiger partial charge in [0, 0.05) is 6.07 Å². The van der Waals surface area contributed by atoms with Crippen LogP contribution in [0.4, 0.5) is 22.9 Å². The van der Waals surface area contributed by atoms with Gasteiger partial charge in [0.25, 0.3) is 10.9 Å². The second-order valence-electron chi connectivity index (χ2n) is 6.34. The summed E-state index contributed by atoms with van der Waals surface area (Å²) in [5, 5.41) is 44.4. The Balaban J connectivity index is 2.19. The molecule has 1 aromatic carbocycles. The maximum absolute atomic E-state index is 12.3. The van der Waals surface area contributed by atoms with Crippen molar-refractivity contribution in [2.45, 2.75) is 12.5 Å². The molecule has 2 aromatic rings. The SMILES string of the molecule is CC1(CO[N+](=O)[O-])CN(c2cccc[n+]2[O-])c2cc([N+](=O)[O-])c([N+](=O)[O-])cc2O1. The molecule has 0 radical (unpaired) electrons. The number of hydrogen-bond acceptors (Lipinski definition) is 10. The summed E-state index contributed by atoms with van der Waals surface area (Å²) in [6, 6.07) is 6.20. The predicted octanol–water partition coefficient (Wildman–Crippen LogP) is 1.63. The Hall–Kier alpha value is -4.23. The molecule has 0 fully saturated rings.